The highest BCUT2D eigenvalue weighted by Gasteiger charge is 2.37. The molecule has 12 nitrogen and oxygen atoms in total. The average molecular weight is 657 g/mol. The number of fused-ring (bicyclic) bond motifs is 1. The number of carbonyl (C=O) groups excluding carboxylic acids is 3. The van der Waals surface area contributed by atoms with Gasteiger partial charge in [-0.1, -0.05) is 12.1 Å². The number of hydrogen-bond donors (Lipinski definition) is 2. The maximum atomic E-state index is 13.8. The molecule has 0 aromatic heterocycles. The minimum atomic E-state index is -4.17. The predicted molar refractivity (Wildman–Crippen MR) is 176 cm³/mol. The molecule has 47 heavy (non-hydrogen) atoms. The molecule has 1 saturated heterocycles. The van der Waals surface area contributed by atoms with E-state index >= 15 is 0 Å². The lowest BCUT2D eigenvalue weighted by Crippen LogP contribution is -2.37. The van der Waals surface area contributed by atoms with Crippen LogP contribution in [0.25, 0.3) is 0 Å². The Morgan fingerprint density at radius 3 is 2.34 bits per heavy atom. The van der Waals surface area contributed by atoms with Crippen molar-refractivity contribution in [3.63, 3.8) is 0 Å². The van der Waals surface area contributed by atoms with E-state index in [9.17, 15) is 22.8 Å². The highest BCUT2D eigenvalue weighted by atomic mass is 32.2. The highest BCUT2D eigenvalue weighted by molar-refractivity contribution is 7.93. The average Bonchev–Trinajstić information content (AvgIpc) is 3.34. The van der Waals surface area contributed by atoms with Crippen LogP contribution in [0, 0.1) is 0 Å². The number of imide groups is 1. The van der Waals surface area contributed by atoms with Crippen molar-refractivity contribution in [1.82, 2.24) is 0 Å². The Bertz CT molecular complexity index is 1960. The van der Waals surface area contributed by atoms with Crippen LogP contribution in [0.1, 0.15) is 38.0 Å². The minimum absolute atomic E-state index is 0.0520. The quantitative estimate of drug-likeness (QED) is 0.231. The van der Waals surface area contributed by atoms with Gasteiger partial charge in [0.2, 0.25) is 0 Å². The number of amides is 3. The number of ether oxygens (including phenoxy) is 3. The van der Waals surface area contributed by atoms with Crippen LogP contribution in [-0.4, -0.2) is 66.2 Å². The van der Waals surface area contributed by atoms with Crippen molar-refractivity contribution in [3.8, 4) is 11.5 Å². The fourth-order valence-electron chi connectivity index (χ4n) is 5.48. The monoisotopic (exact) mass is 656 g/mol. The number of carbonyl (C=O) groups is 3. The molecular weight excluding hydrogens is 624 g/mol. The van der Waals surface area contributed by atoms with Crippen molar-refractivity contribution in [1.29, 1.82) is 0 Å². The van der Waals surface area contributed by atoms with Gasteiger partial charge >= 0.3 is 0 Å². The standard InChI is InChI=1S/C34H32N4O8S/c1-3-46-25-12-10-24(11-13-25)38-33(40)26-14-8-22(20-27(26)34(38)41)32(39)35-23-9-15-29(37-16-18-45-19-17-37)31(21-23)47(42,43)36-28-6-4-5-7-30(28)44-2/h4-15,20-21,36H,3,16-19H2,1-2H3,(H,35,39). The summed E-state index contributed by atoms with van der Waals surface area (Å²) in [5, 5.41) is 2.74. The zero-order valence-corrected chi connectivity index (χ0v) is 26.5. The van der Waals surface area contributed by atoms with Crippen molar-refractivity contribution in [2.24, 2.45) is 0 Å². The third-order valence-corrected chi connectivity index (χ3v) is 9.16. The molecule has 4 aromatic carbocycles. The predicted octanol–water partition coefficient (Wildman–Crippen LogP) is 4.78. The van der Waals surface area contributed by atoms with Gasteiger partial charge in [0.05, 0.1) is 55.1 Å². The normalized spacial score (nSPS) is 14.5. The van der Waals surface area contributed by atoms with Crippen LogP contribution >= 0.6 is 0 Å². The van der Waals surface area contributed by atoms with Gasteiger partial charge < -0.3 is 24.4 Å². The lowest BCUT2D eigenvalue weighted by atomic mass is 10.1. The molecule has 0 radical (unpaired) electrons. The number of nitrogens with zero attached hydrogens (tertiary/aromatic N) is 2. The highest BCUT2D eigenvalue weighted by Crippen LogP contribution is 2.34. The van der Waals surface area contributed by atoms with E-state index in [1.807, 2.05) is 11.8 Å². The zero-order valence-electron chi connectivity index (χ0n) is 25.7. The molecule has 4 aromatic rings. The molecule has 2 N–H and O–H groups in total. The first-order valence-electron chi connectivity index (χ1n) is 14.9. The molecular formula is C34H32N4O8S. The van der Waals surface area contributed by atoms with Gasteiger partial charge in [-0.3, -0.25) is 19.1 Å². The Kier molecular flexibility index (Phi) is 8.83. The first-order chi connectivity index (χ1) is 22.7. The van der Waals surface area contributed by atoms with Crippen molar-refractivity contribution < 1.29 is 37.0 Å². The van der Waals surface area contributed by atoms with Gasteiger partial charge in [-0.25, -0.2) is 13.3 Å². The maximum Gasteiger partial charge on any atom is 0.266 e. The number of rotatable bonds is 10. The van der Waals surface area contributed by atoms with Crippen LogP contribution in [0.15, 0.2) is 89.8 Å². The molecule has 6 rings (SSSR count). The summed E-state index contributed by atoms with van der Waals surface area (Å²) in [5.41, 5.74) is 1.67. The van der Waals surface area contributed by atoms with E-state index < -0.39 is 27.7 Å². The summed E-state index contributed by atoms with van der Waals surface area (Å²) in [7, 11) is -2.72. The Morgan fingerprint density at radius 1 is 0.894 bits per heavy atom. The third kappa shape index (κ3) is 6.35. The largest absolute Gasteiger partial charge is 0.495 e. The number of anilines is 4. The van der Waals surface area contributed by atoms with Crippen molar-refractivity contribution in [2.45, 2.75) is 11.8 Å². The number of morpholine rings is 1. The maximum absolute atomic E-state index is 13.8. The van der Waals surface area contributed by atoms with E-state index in [1.54, 1.807) is 60.7 Å². The van der Waals surface area contributed by atoms with E-state index in [4.69, 9.17) is 14.2 Å². The molecule has 2 heterocycles. The lowest BCUT2D eigenvalue weighted by molar-refractivity contribution is 0.0925. The molecule has 13 heteroatoms. The summed E-state index contributed by atoms with van der Waals surface area (Å²) >= 11 is 0. The van der Waals surface area contributed by atoms with Gasteiger partial charge in [0.1, 0.15) is 16.4 Å². The van der Waals surface area contributed by atoms with Crippen molar-refractivity contribution >= 4 is 50.5 Å². The Balaban J connectivity index is 1.27. The second-order valence-corrected chi connectivity index (χ2v) is 12.3. The van der Waals surface area contributed by atoms with E-state index in [0.29, 0.717) is 55.8 Å². The molecule has 0 bridgehead atoms. The minimum Gasteiger partial charge on any atom is -0.495 e. The summed E-state index contributed by atoms with van der Waals surface area (Å²) in [5.74, 6) is -0.699. The van der Waals surface area contributed by atoms with E-state index in [-0.39, 0.29) is 33.0 Å². The van der Waals surface area contributed by atoms with Crippen LogP contribution in [0.5, 0.6) is 11.5 Å². The SMILES string of the molecule is CCOc1ccc(N2C(=O)c3ccc(C(=O)Nc4ccc(N5CCOCC5)c(S(=O)(=O)Nc5ccccc5OC)c4)cc3C2=O)cc1. The molecule has 0 spiro atoms. The topological polar surface area (TPSA) is 144 Å². The Morgan fingerprint density at radius 2 is 1.62 bits per heavy atom. The Labute approximate surface area is 271 Å². The smallest absolute Gasteiger partial charge is 0.266 e. The van der Waals surface area contributed by atoms with E-state index in [1.165, 1.54) is 31.4 Å². The second kappa shape index (κ2) is 13.1. The molecule has 0 atom stereocenters. The van der Waals surface area contributed by atoms with Crippen molar-refractivity contribution in [3.05, 3.63) is 102 Å². The molecule has 2 aliphatic rings. The van der Waals surface area contributed by atoms with Crippen LogP contribution in [-0.2, 0) is 14.8 Å². The van der Waals surface area contributed by atoms with Gasteiger partial charge in [-0.05, 0) is 79.7 Å². The van der Waals surface area contributed by atoms with Gasteiger partial charge in [-0.15, -0.1) is 0 Å². The number of methoxy groups -OCH3 is 1. The fourth-order valence-corrected chi connectivity index (χ4v) is 6.80. The molecule has 0 unspecified atom stereocenters. The van der Waals surface area contributed by atoms with Gasteiger partial charge in [0.15, 0.2) is 0 Å². The summed E-state index contributed by atoms with van der Waals surface area (Å²) in [6.45, 7) is 4.18. The van der Waals surface area contributed by atoms with Crippen LogP contribution in [0.2, 0.25) is 0 Å². The number of benzene rings is 4. The van der Waals surface area contributed by atoms with Crippen molar-refractivity contribution in [2.75, 3.05) is 59.9 Å². The summed E-state index contributed by atoms with van der Waals surface area (Å²) < 4.78 is 46.5. The zero-order chi connectivity index (χ0) is 33.1. The van der Waals surface area contributed by atoms with Crippen LogP contribution < -0.4 is 29.3 Å². The number of sulfonamides is 1. The molecule has 1 fully saturated rings. The van der Waals surface area contributed by atoms with Gasteiger partial charge in [-0.2, -0.15) is 0 Å². The number of para-hydroxylation sites is 2. The molecule has 2 aliphatic heterocycles. The second-order valence-electron chi connectivity index (χ2n) is 10.7. The van der Waals surface area contributed by atoms with Crippen LogP contribution in [0.4, 0.5) is 22.7 Å². The summed E-state index contributed by atoms with van der Waals surface area (Å²) in [4.78, 5) is 42.8. The molecule has 242 valence electrons. The Hall–Kier alpha value is -5.40. The molecule has 0 aliphatic carbocycles. The number of hydrogen-bond acceptors (Lipinski definition) is 9. The molecule has 0 saturated carbocycles. The molecule has 3 amide bonds. The van der Waals surface area contributed by atoms with Gasteiger partial charge in [0, 0.05) is 24.3 Å². The first kappa shape index (κ1) is 31.6. The van der Waals surface area contributed by atoms with Crippen LogP contribution in [0.3, 0.4) is 0 Å². The first-order valence-corrected chi connectivity index (χ1v) is 16.4. The van der Waals surface area contributed by atoms with E-state index in [0.717, 1.165) is 4.90 Å². The van der Waals surface area contributed by atoms with Gasteiger partial charge in [0.25, 0.3) is 27.7 Å². The summed E-state index contributed by atoms with van der Waals surface area (Å²) in [6.07, 6.45) is 0. The number of nitrogens with one attached hydrogen (secondary N) is 2. The summed E-state index contributed by atoms with van der Waals surface area (Å²) in [6, 6.07) is 22.1. The lowest BCUT2D eigenvalue weighted by Gasteiger charge is -2.30. The van der Waals surface area contributed by atoms with E-state index in [2.05, 4.69) is 10.0 Å². The fraction of sp³-hybridized carbons (Fsp3) is 0.206. The third-order valence-electron chi connectivity index (χ3n) is 7.76.